The second kappa shape index (κ2) is 6.00. The monoisotopic (exact) mass is 287 g/mol. The molecule has 2 aliphatic rings. The number of carbonyl (C=O) groups excluding carboxylic acids is 1. The lowest BCUT2D eigenvalue weighted by atomic mass is 10.2. The van der Waals surface area contributed by atoms with Crippen molar-refractivity contribution in [3.05, 3.63) is 0 Å². The van der Waals surface area contributed by atoms with Gasteiger partial charge in [-0.15, -0.1) is 11.8 Å². The zero-order valence-corrected chi connectivity index (χ0v) is 12.2. The second-order valence-electron chi connectivity index (χ2n) is 5.22. The molecule has 1 unspecified atom stereocenters. The van der Waals surface area contributed by atoms with Crippen molar-refractivity contribution in [3.63, 3.8) is 0 Å². The van der Waals surface area contributed by atoms with E-state index in [0.717, 1.165) is 13.1 Å². The van der Waals surface area contributed by atoms with Crippen molar-refractivity contribution in [2.75, 3.05) is 37.8 Å². The molecule has 2 fully saturated rings. The molecule has 0 aromatic heterocycles. The van der Waals surface area contributed by atoms with E-state index >= 15 is 0 Å². The average Bonchev–Trinajstić information content (AvgIpc) is 2.87. The number of nitrogens with zero attached hydrogens (tertiary/aromatic N) is 3. The number of thioether (sulfide) groups is 1. The number of carboxylic acids is 1. The minimum Gasteiger partial charge on any atom is -0.480 e. The molecule has 2 aliphatic heterocycles. The number of aliphatic carboxylic acids is 1. The lowest BCUT2D eigenvalue weighted by molar-refractivity contribution is -0.141. The van der Waals surface area contributed by atoms with Crippen LogP contribution in [0.2, 0.25) is 0 Å². The van der Waals surface area contributed by atoms with E-state index in [1.54, 1.807) is 4.90 Å². The first kappa shape index (κ1) is 14.5. The van der Waals surface area contributed by atoms with E-state index in [1.165, 1.54) is 16.7 Å². The van der Waals surface area contributed by atoms with Crippen molar-refractivity contribution < 1.29 is 14.7 Å². The lowest BCUT2D eigenvalue weighted by Crippen LogP contribution is -2.55. The molecule has 0 aliphatic carbocycles. The largest absolute Gasteiger partial charge is 0.480 e. The summed E-state index contributed by atoms with van der Waals surface area (Å²) in [6.07, 6.45) is 0. The summed E-state index contributed by atoms with van der Waals surface area (Å²) in [7, 11) is 0. The Kier molecular flexibility index (Phi) is 4.57. The van der Waals surface area contributed by atoms with Gasteiger partial charge in [0.2, 0.25) is 0 Å². The van der Waals surface area contributed by atoms with Gasteiger partial charge in [0, 0.05) is 38.0 Å². The maximum absolute atomic E-state index is 12.3. The molecule has 6 nitrogen and oxygen atoms in total. The third kappa shape index (κ3) is 3.14. The van der Waals surface area contributed by atoms with Crippen molar-refractivity contribution in [3.8, 4) is 0 Å². The predicted molar refractivity (Wildman–Crippen MR) is 74.3 cm³/mol. The maximum atomic E-state index is 12.3. The van der Waals surface area contributed by atoms with Crippen molar-refractivity contribution in [2.24, 2.45) is 0 Å². The van der Waals surface area contributed by atoms with Gasteiger partial charge in [0.05, 0.1) is 5.88 Å². The Morgan fingerprint density at radius 3 is 2.37 bits per heavy atom. The molecule has 0 radical (unpaired) electrons. The zero-order valence-electron chi connectivity index (χ0n) is 11.4. The Hall–Kier alpha value is -0.950. The Bertz CT molecular complexity index is 356. The molecule has 7 heteroatoms. The van der Waals surface area contributed by atoms with E-state index < -0.39 is 12.0 Å². The molecular weight excluding hydrogens is 266 g/mol. The summed E-state index contributed by atoms with van der Waals surface area (Å²) in [6, 6.07) is -0.298. The average molecular weight is 287 g/mol. The molecule has 2 heterocycles. The highest BCUT2D eigenvalue weighted by atomic mass is 32.2. The number of hydrogen-bond donors (Lipinski definition) is 1. The number of rotatable bonds is 2. The lowest BCUT2D eigenvalue weighted by Gasteiger charge is -2.38. The highest BCUT2D eigenvalue weighted by molar-refractivity contribution is 7.99. The Labute approximate surface area is 117 Å². The van der Waals surface area contributed by atoms with E-state index in [0.29, 0.717) is 30.8 Å². The molecule has 2 rings (SSSR count). The van der Waals surface area contributed by atoms with Gasteiger partial charge in [0.1, 0.15) is 6.04 Å². The molecule has 0 aromatic rings. The van der Waals surface area contributed by atoms with Gasteiger partial charge in [0.25, 0.3) is 0 Å². The van der Waals surface area contributed by atoms with Crippen LogP contribution in [0.5, 0.6) is 0 Å². The van der Waals surface area contributed by atoms with Crippen LogP contribution in [0.15, 0.2) is 0 Å². The Morgan fingerprint density at radius 2 is 1.84 bits per heavy atom. The molecule has 2 amide bonds. The van der Waals surface area contributed by atoms with Gasteiger partial charge in [-0.05, 0) is 13.8 Å². The van der Waals surface area contributed by atoms with Crippen LogP contribution in [0.4, 0.5) is 4.79 Å². The number of carboxylic acid groups (broad SMARTS) is 1. The van der Waals surface area contributed by atoms with Gasteiger partial charge in [0.15, 0.2) is 0 Å². The standard InChI is InChI=1S/C12H21N3O3S/c1-9(2)13-3-5-14(6-4-13)12(18)15-8-19-7-10(15)11(16)17/h9-10H,3-8H2,1-2H3,(H,16,17). The van der Waals surface area contributed by atoms with Crippen LogP contribution in [0.3, 0.4) is 0 Å². The van der Waals surface area contributed by atoms with Crippen molar-refractivity contribution in [1.29, 1.82) is 0 Å². The van der Waals surface area contributed by atoms with Gasteiger partial charge >= 0.3 is 12.0 Å². The Morgan fingerprint density at radius 1 is 1.21 bits per heavy atom. The quantitative estimate of drug-likeness (QED) is 0.805. The number of amides is 2. The van der Waals surface area contributed by atoms with Crippen molar-refractivity contribution in [1.82, 2.24) is 14.7 Å². The van der Waals surface area contributed by atoms with Crippen LogP contribution in [0, 0.1) is 0 Å². The van der Waals surface area contributed by atoms with Crippen LogP contribution in [-0.4, -0.2) is 81.7 Å². The fourth-order valence-electron chi connectivity index (χ4n) is 2.45. The third-order valence-electron chi connectivity index (χ3n) is 3.73. The fourth-order valence-corrected chi connectivity index (χ4v) is 3.59. The molecule has 1 atom stereocenters. The zero-order chi connectivity index (χ0) is 14.0. The minimum absolute atomic E-state index is 0.124. The van der Waals surface area contributed by atoms with E-state index in [2.05, 4.69) is 18.7 Å². The maximum Gasteiger partial charge on any atom is 0.327 e. The molecule has 2 saturated heterocycles. The van der Waals surface area contributed by atoms with Crippen LogP contribution in [0.1, 0.15) is 13.8 Å². The molecular formula is C12H21N3O3S. The topological polar surface area (TPSA) is 64.1 Å². The summed E-state index contributed by atoms with van der Waals surface area (Å²) in [6.45, 7) is 7.39. The molecule has 108 valence electrons. The van der Waals surface area contributed by atoms with Crippen LogP contribution in [0.25, 0.3) is 0 Å². The fraction of sp³-hybridized carbons (Fsp3) is 0.833. The summed E-state index contributed by atoms with van der Waals surface area (Å²) in [5, 5.41) is 9.11. The first-order valence-corrected chi connectivity index (χ1v) is 7.76. The molecule has 1 N–H and O–H groups in total. The van der Waals surface area contributed by atoms with Gasteiger partial charge in [-0.2, -0.15) is 0 Å². The summed E-state index contributed by atoms with van der Waals surface area (Å²) in [5.74, 6) is 0.0758. The summed E-state index contributed by atoms with van der Waals surface area (Å²) in [5.41, 5.74) is 0. The minimum atomic E-state index is -0.904. The number of urea groups is 1. The number of hydrogen-bond acceptors (Lipinski definition) is 4. The third-order valence-corrected chi connectivity index (χ3v) is 4.74. The molecule has 0 aromatic carbocycles. The predicted octanol–water partition coefficient (Wildman–Crippen LogP) is 0.592. The molecule has 19 heavy (non-hydrogen) atoms. The molecule has 0 bridgehead atoms. The van der Waals surface area contributed by atoms with Gasteiger partial charge < -0.3 is 14.9 Å². The summed E-state index contributed by atoms with van der Waals surface area (Å²) >= 11 is 1.50. The van der Waals surface area contributed by atoms with E-state index in [1.807, 2.05) is 0 Å². The van der Waals surface area contributed by atoms with Crippen molar-refractivity contribution >= 4 is 23.8 Å². The number of carbonyl (C=O) groups is 2. The number of piperazine rings is 1. The van der Waals surface area contributed by atoms with E-state index in [4.69, 9.17) is 5.11 Å². The van der Waals surface area contributed by atoms with Crippen LogP contribution in [-0.2, 0) is 4.79 Å². The highest BCUT2D eigenvalue weighted by Gasteiger charge is 2.37. The van der Waals surface area contributed by atoms with Crippen LogP contribution < -0.4 is 0 Å². The van der Waals surface area contributed by atoms with Gasteiger partial charge in [-0.25, -0.2) is 9.59 Å². The molecule has 0 saturated carbocycles. The second-order valence-corrected chi connectivity index (χ2v) is 6.22. The van der Waals surface area contributed by atoms with E-state index in [-0.39, 0.29) is 6.03 Å². The first-order chi connectivity index (χ1) is 9.00. The van der Waals surface area contributed by atoms with E-state index in [9.17, 15) is 9.59 Å². The SMILES string of the molecule is CC(C)N1CCN(C(=O)N2CSCC2C(=O)O)CC1. The first-order valence-electron chi connectivity index (χ1n) is 6.61. The van der Waals surface area contributed by atoms with Gasteiger partial charge in [-0.3, -0.25) is 4.90 Å². The summed E-state index contributed by atoms with van der Waals surface area (Å²) < 4.78 is 0. The molecule has 0 spiro atoms. The summed E-state index contributed by atoms with van der Waals surface area (Å²) in [4.78, 5) is 29.0. The van der Waals surface area contributed by atoms with Crippen molar-refractivity contribution in [2.45, 2.75) is 25.9 Å². The Balaban J connectivity index is 1.92. The highest BCUT2D eigenvalue weighted by Crippen LogP contribution is 2.23. The van der Waals surface area contributed by atoms with Gasteiger partial charge in [-0.1, -0.05) is 0 Å². The normalized spacial score (nSPS) is 25.1. The van der Waals surface area contributed by atoms with Crippen LogP contribution >= 0.6 is 11.8 Å². The smallest absolute Gasteiger partial charge is 0.327 e.